The molecule has 0 fully saturated rings. The van der Waals surface area contributed by atoms with Crippen LogP contribution in [-0.2, 0) is 6.61 Å². The summed E-state index contributed by atoms with van der Waals surface area (Å²) in [6.45, 7) is 0.0828. The lowest BCUT2D eigenvalue weighted by Crippen LogP contribution is -2.13. The van der Waals surface area contributed by atoms with Crippen molar-refractivity contribution in [1.82, 2.24) is 4.98 Å². The van der Waals surface area contributed by atoms with E-state index in [1.165, 1.54) is 13.2 Å². The van der Waals surface area contributed by atoms with Crippen LogP contribution >= 0.6 is 0 Å². The second-order valence-electron chi connectivity index (χ2n) is 5.00. The average Bonchev–Trinajstić information content (AvgIpc) is 3.09. The van der Waals surface area contributed by atoms with Gasteiger partial charge in [-0.25, -0.2) is 4.98 Å². The number of carbonyl (C=O) groups is 1. The van der Waals surface area contributed by atoms with Crippen molar-refractivity contribution in [3.05, 3.63) is 66.2 Å². The third kappa shape index (κ3) is 3.38. The Morgan fingerprint density at radius 3 is 2.71 bits per heavy atom. The first-order valence-electron chi connectivity index (χ1n) is 7.28. The van der Waals surface area contributed by atoms with E-state index in [4.69, 9.17) is 19.6 Å². The molecule has 1 heterocycles. The summed E-state index contributed by atoms with van der Waals surface area (Å²) >= 11 is 0. The fraction of sp³-hybridized carbons (Fsp3) is 0.111. The van der Waals surface area contributed by atoms with Crippen LogP contribution in [0.15, 0.2) is 59.1 Å². The van der Waals surface area contributed by atoms with Crippen LogP contribution in [0.5, 0.6) is 11.5 Å². The van der Waals surface area contributed by atoms with Gasteiger partial charge in [0.05, 0.1) is 18.9 Å². The molecule has 0 radical (unpaired) electrons. The van der Waals surface area contributed by atoms with Crippen molar-refractivity contribution in [1.29, 1.82) is 0 Å². The number of ether oxygens (including phenoxy) is 2. The van der Waals surface area contributed by atoms with Crippen LogP contribution < -0.4 is 15.2 Å². The maximum atomic E-state index is 11.5. The minimum Gasteiger partial charge on any atom is -0.497 e. The van der Waals surface area contributed by atoms with Crippen molar-refractivity contribution in [2.45, 2.75) is 6.61 Å². The summed E-state index contributed by atoms with van der Waals surface area (Å²) < 4.78 is 16.4. The van der Waals surface area contributed by atoms with E-state index >= 15 is 0 Å². The zero-order valence-corrected chi connectivity index (χ0v) is 13.1. The second kappa shape index (κ2) is 6.87. The zero-order chi connectivity index (χ0) is 16.9. The number of primary amides is 1. The minimum absolute atomic E-state index is 0.0828. The van der Waals surface area contributed by atoms with E-state index in [-0.39, 0.29) is 12.2 Å². The molecule has 0 unspecified atom stereocenters. The molecule has 0 aliphatic heterocycles. The van der Waals surface area contributed by atoms with Crippen LogP contribution in [0.25, 0.3) is 11.3 Å². The summed E-state index contributed by atoms with van der Waals surface area (Å²) in [6.07, 6.45) is 1.64. The first-order valence-corrected chi connectivity index (χ1v) is 7.28. The zero-order valence-electron chi connectivity index (χ0n) is 13.1. The Kier molecular flexibility index (Phi) is 4.47. The molecular weight excluding hydrogens is 308 g/mol. The third-order valence-corrected chi connectivity index (χ3v) is 3.42. The molecule has 0 bridgehead atoms. The van der Waals surface area contributed by atoms with Gasteiger partial charge in [-0.2, -0.15) is 0 Å². The van der Waals surface area contributed by atoms with Gasteiger partial charge >= 0.3 is 0 Å². The first-order chi connectivity index (χ1) is 11.7. The van der Waals surface area contributed by atoms with Crippen LogP contribution in [0.1, 0.15) is 16.2 Å². The number of rotatable bonds is 6. The quantitative estimate of drug-likeness (QED) is 0.753. The highest BCUT2D eigenvalue weighted by molar-refractivity contribution is 5.96. The van der Waals surface area contributed by atoms with Crippen LogP contribution in [0.4, 0.5) is 0 Å². The number of carbonyl (C=O) groups excluding carboxylic acids is 1. The Labute approximate surface area is 138 Å². The second-order valence-corrected chi connectivity index (χ2v) is 5.00. The van der Waals surface area contributed by atoms with Gasteiger partial charge in [0, 0.05) is 5.56 Å². The normalized spacial score (nSPS) is 10.4. The number of methoxy groups -OCH3 is 1. The number of nitrogens with zero attached hydrogens (tertiary/aromatic N) is 1. The first kappa shape index (κ1) is 15.6. The molecule has 6 nitrogen and oxygen atoms in total. The topological polar surface area (TPSA) is 87.6 Å². The van der Waals surface area contributed by atoms with Gasteiger partial charge in [-0.05, 0) is 18.2 Å². The standard InChI is InChI=1S/C18H16N2O4/c1-22-13-7-8-15(14(9-13)18(19)21)23-11-17-20-10-16(24-17)12-5-3-2-4-6-12/h2-10H,11H2,1H3,(H2,19,21). The van der Waals surface area contributed by atoms with Crippen molar-refractivity contribution in [3.63, 3.8) is 0 Å². The number of amides is 1. The largest absolute Gasteiger partial charge is 0.497 e. The van der Waals surface area contributed by atoms with Crippen molar-refractivity contribution in [2.24, 2.45) is 5.73 Å². The maximum absolute atomic E-state index is 11.5. The molecule has 3 aromatic rings. The van der Waals surface area contributed by atoms with Gasteiger partial charge in [0.1, 0.15) is 11.5 Å². The summed E-state index contributed by atoms with van der Waals surface area (Å²) in [4.78, 5) is 15.7. The van der Waals surface area contributed by atoms with Gasteiger partial charge < -0.3 is 19.6 Å². The fourth-order valence-electron chi connectivity index (χ4n) is 2.21. The lowest BCUT2D eigenvalue weighted by molar-refractivity contribution is 0.0995. The summed E-state index contributed by atoms with van der Waals surface area (Å²) in [5.41, 5.74) is 6.54. The number of hydrogen-bond donors (Lipinski definition) is 1. The Hall–Kier alpha value is -3.28. The number of hydrogen-bond acceptors (Lipinski definition) is 5. The molecule has 122 valence electrons. The van der Waals surface area contributed by atoms with E-state index in [0.29, 0.717) is 23.1 Å². The van der Waals surface area contributed by atoms with Crippen molar-refractivity contribution < 1.29 is 18.7 Å². The molecule has 2 N–H and O–H groups in total. The van der Waals surface area contributed by atoms with Crippen LogP contribution in [0, 0.1) is 0 Å². The predicted molar refractivity (Wildman–Crippen MR) is 87.8 cm³/mol. The van der Waals surface area contributed by atoms with Crippen molar-refractivity contribution in [2.75, 3.05) is 7.11 Å². The van der Waals surface area contributed by atoms with E-state index < -0.39 is 5.91 Å². The van der Waals surface area contributed by atoms with Gasteiger partial charge in [0.15, 0.2) is 12.4 Å². The highest BCUT2D eigenvalue weighted by atomic mass is 16.5. The van der Waals surface area contributed by atoms with Gasteiger partial charge in [0.25, 0.3) is 5.91 Å². The van der Waals surface area contributed by atoms with E-state index in [9.17, 15) is 4.79 Å². The molecule has 24 heavy (non-hydrogen) atoms. The third-order valence-electron chi connectivity index (χ3n) is 3.42. The molecular formula is C18H16N2O4. The van der Waals surface area contributed by atoms with Crippen LogP contribution in [0.3, 0.4) is 0 Å². The Morgan fingerprint density at radius 2 is 2.00 bits per heavy atom. The molecule has 6 heteroatoms. The van der Waals surface area contributed by atoms with Crippen molar-refractivity contribution >= 4 is 5.91 Å². The molecule has 0 aliphatic carbocycles. The van der Waals surface area contributed by atoms with Crippen LogP contribution in [0.2, 0.25) is 0 Å². The summed E-state index contributed by atoms with van der Waals surface area (Å²) in [6, 6.07) is 14.5. The van der Waals surface area contributed by atoms with Crippen molar-refractivity contribution in [3.8, 4) is 22.8 Å². The fourth-order valence-corrected chi connectivity index (χ4v) is 2.21. The summed E-state index contributed by atoms with van der Waals surface area (Å²) in [5.74, 6) is 1.34. The molecule has 1 aromatic heterocycles. The summed E-state index contributed by atoms with van der Waals surface area (Å²) in [7, 11) is 1.51. The molecule has 1 amide bonds. The lowest BCUT2D eigenvalue weighted by Gasteiger charge is -2.09. The van der Waals surface area contributed by atoms with Gasteiger partial charge in [-0.1, -0.05) is 30.3 Å². The SMILES string of the molecule is COc1ccc(OCc2ncc(-c3ccccc3)o2)c(C(N)=O)c1. The number of aromatic nitrogens is 1. The average molecular weight is 324 g/mol. The number of nitrogens with two attached hydrogens (primary N) is 1. The van der Waals surface area contributed by atoms with E-state index in [2.05, 4.69) is 4.98 Å². The minimum atomic E-state index is -0.596. The van der Waals surface area contributed by atoms with E-state index in [1.807, 2.05) is 30.3 Å². The highest BCUT2D eigenvalue weighted by Gasteiger charge is 2.13. The maximum Gasteiger partial charge on any atom is 0.252 e. The lowest BCUT2D eigenvalue weighted by atomic mass is 10.2. The van der Waals surface area contributed by atoms with Crippen LogP contribution in [-0.4, -0.2) is 18.0 Å². The number of oxazole rings is 1. The van der Waals surface area contributed by atoms with Gasteiger partial charge in [0.2, 0.25) is 5.89 Å². The van der Waals surface area contributed by atoms with E-state index in [0.717, 1.165) is 5.56 Å². The Bertz CT molecular complexity index is 843. The monoisotopic (exact) mass is 324 g/mol. The van der Waals surface area contributed by atoms with Gasteiger partial charge in [-0.15, -0.1) is 0 Å². The molecule has 0 aliphatic rings. The molecule has 0 spiro atoms. The van der Waals surface area contributed by atoms with Gasteiger partial charge in [-0.3, -0.25) is 4.79 Å². The molecule has 2 aromatic carbocycles. The molecule has 0 atom stereocenters. The predicted octanol–water partition coefficient (Wildman–Crippen LogP) is 3.03. The van der Waals surface area contributed by atoms with E-state index in [1.54, 1.807) is 18.3 Å². The number of benzene rings is 2. The smallest absolute Gasteiger partial charge is 0.252 e. The Balaban J connectivity index is 1.75. The summed E-state index contributed by atoms with van der Waals surface area (Å²) in [5, 5.41) is 0. The molecule has 3 rings (SSSR count). The Morgan fingerprint density at radius 1 is 1.21 bits per heavy atom. The molecule has 0 saturated heterocycles. The highest BCUT2D eigenvalue weighted by Crippen LogP contribution is 2.25. The molecule has 0 saturated carbocycles.